The maximum Gasteiger partial charge on any atom is 0.363 e. The molecule has 7 nitrogen and oxygen atoms in total. The van der Waals surface area contributed by atoms with Crippen LogP contribution >= 0.6 is 7.60 Å². The molecule has 0 amide bonds. The zero-order valence-electron chi connectivity index (χ0n) is 9.78. The largest absolute Gasteiger partial charge is 0.363 e. The van der Waals surface area contributed by atoms with Crippen molar-refractivity contribution >= 4 is 7.60 Å². The topological polar surface area (TPSA) is 112 Å². The van der Waals surface area contributed by atoms with Crippen molar-refractivity contribution in [2.45, 2.75) is 19.8 Å². The maximum atomic E-state index is 12.1. The van der Waals surface area contributed by atoms with Crippen LogP contribution in [0.3, 0.4) is 0 Å². The first kappa shape index (κ1) is 16.0. The highest BCUT2D eigenvalue weighted by atomic mass is 31.2. The van der Waals surface area contributed by atoms with Gasteiger partial charge in [0.05, 0.1) is 6.16 Å². The van der Waals surface area contributed by atoms with Crippen LogP contribution in [0.4, 0.5) is 0 Å². The number of nitrogens with two attached hydrogens (primary N) is 2. The lowest BCUT2D eigenvalue weighted by Gasteiger charge is -2.17. The second-order valence-corrected chi connectivity index (χ2v) is 5.27. The molecule has 0 aliphatic carbocycles. The van der Waals surface area contributed by atoms with E-state index < -0.39 is 7.60 Å². The third kappa shape index (κ3) is 8.18. The summed E-state index contributed by atoms with van der Waals surface area (Å²) < 4.78 is 22.1. The molecule has 98 valence electrons. The van der Waals surface area contributed by atoms with Crippen molar-refractivity contribution in [1.82, 2.24) is 11.0 Å². The summed E-state index contributed by atoms with van der Waals surface area (Å²) in [7, 11) is -3.13. The van der Waals surface area contributed by atoms with Gasteiger partial charge in [-0.3, -0.25) is 4.57 Å². The summed E-state index contributed by atoms with van der Waals surface area (Å²) in [6.07, 6.45) is 2.05. The van der Waals surface area contributed by atoms with Gasteiger partial charge >= 0.3 is 7.60 Å². The van der Waals surface area contributed by atoms with Crippen molar-refractivity contribution in [3.63, 3.8) is 0 Å². The summed E-state index contributed by atoms with van der Waals surface area (Å²) >= 11 is 0. The van der Waals surface area contributed by atoms with Crippen LogP contribution in [0.1, 0.15) is 19.8 Å². The number of unbranched alkanes of at least 4 members (excludes halogenated alkanes) is 1. The fourth-order valence-electron chi connectivity index (χ4n) is 0.868. The van der Waals surface area contributed by atoms with Gasteiger partial charge in [0.25, 0.3) is 0 Å². The first-order chi connectivity index (χ1) is 7.68. The molecule has 0 aromatic carbocycles. The monoisotopic (exact) mass is 254 g/mol. The molecule has 0 atom stereocenters. The zero-order chi connectivity index (χ0) is 12.3. The van der Waals surface area contributed by atoms with Crippen molar-refractivity contribution in [2.75, 3.05) is 32.3 Å². The smallest absolute Gasteiger partial charge is 0.329 e. The highest BCUT2D eigenvalue weighted by Gasteiger charge is 2.24. The van der Waals surface area contributed by atoms with E-state index in [0.717, 1.165) is 12.8 Å². The average molecular weight is 254 g/mol. The molecule has 0 aliphatic rings. The van der Waals surface area contributed by atoms with Crippen molar-refractivity contribution in [3.05, 3.63) is 0 Å². The molecule has 0 fully saturated rings. The molecule has 0 spiro atoms. The van der Waals surface area contributed by atoms with Crippen molar-refractivity contribution in [3.8, 4) is 0 Å². The van der Waals surface area contributed by atoms with E-state index in [1.165, 1.54) is 0 Å². The molecule has 8 heteroatoms. The van der Waals surface area contributed by atoms with E-state index in [-0.39, 0.29) is 0 Å². The Hall–Kier alpha value is -0.0100. The summed E-state index contributed by atoms with van der Waals surface area (Å²) in [5.41, 5.74) is 15.6. The Morgan fingerprint density at radius 1 is 1.12 bits per heavy atom. The van der Waals surface area contributed by atoms with Gasteiger partial charge in [-0.2, -0.15) is 11.0 Å². The molecule has 0 saturated heterocycles. The molecule has 0 radical (unpaired) electrons. The van der Waals surface area contributed by atoms with E-state index in [1.807, 2.05) is 6.92 Å². The van der Waals surface area contributed by atoms with Crippen LogP contribution in [-0.4, -0.2) is 32.3 Å². The second kappa shape index (κ2) is 10.2. The average Bonchev–Trinajstić information content (AvgIpc) is 2.27. The van der Waals surface area contributed by atoms with E-state index in [1.54, 1.807) is 0 Å². The van der Waals surface area contributed by atoms with E-state index in [4.69, 9.17) is 20.7 Å². The molecule has 16 heavy (non-hydrogen) atoms. The van der Waals surface area contributed by atoms with Crippen LogP contribution in [0.15, 0.2) is 0 Å². The van der Waals surface area contributed by atoms with E-state index >= 15 is 0 Å². The quantitative estimate of drug-likeness (QED) is 0.232. The number of hydrogen-bond donors (Lipinski definition) is 4. The van der Waals surface area contributed by atoms with E-state index in [2.05, 4.69) is 11.0 Å². The van der Waals surface area contributed by atoms with Gasteiger partial charge in [-0.15, -0.1) is 0 Å². The minimum Gasteiger partial charge on any atom is -0.329 e. The zero-order valence-corrected chi connectivity index (χ0v) is 10.7. The Kier molecular flexibility index (Phi) is 10.2. The van der Waals surface area contributed by atoms with E-state index in [0.29, 0.717) is 32.3 Å². The third-order valence-corrected chi connectivity index (χ3v) is 3.36. The van der Waals surface area contributed by atoms with Gasteiger partial charge in [0.15, 0.2) is 0 Å². The summed E-state index contributed by atoms with van der Waals surface area (Å²) in [6, 6.07) is 0. The Morgan fingerprint density at radius 2 is 1.62 bits per heavy atom. The van der Waals surface area contributed by atoms with Crippen LogP contribution in [0, 0.1) is 0 Å². The molecule has 0 aliphatic heterocycles. The Labute approximate surface area is 96.7 Å². The molecule has 0 aromatic heterocycles. The molecule has 0 unspecified atom stereocenters. The number of hydroxylamine groups is 2. The lowest BCUT2D eigenvalue weighted by molar-refractivity contribution is 0.103. The number of rotatable bonds is 11. The Bertz CT molecular complexity index is 192. The van der Waals surface area contributed by atoms with Gasteiger partial charge in [-0.25, -0.2) is 9.25 Å². The molecule has 0 heterocycles. The second-order valence-electron chi connectivity index (χ2n) is 3.24. The SMILES string of the molecule is CCCCP(=O)(ONCCN)ONCCN. The van der Waals surface area contributed by atoms with Gasteiger partial charge in [0.2, 0.25) is 0 Å². The third-order valence-electron chi connectivity index (χ3n) is 1.69. The molecule has 0 bridgehead atoms. The maximum absolute atomic E-state index is 12.1. The summed E-state index contributed by atoms with van der Waals surface area (Å²) in [5, 5.41) is 0. The van der Waals surface area contributed by atoms with Crippen LogP contribution < -0.4 is 22.4 Å². The van der Waals surface area contributed by atoms with E-state index in [9.17, 15) is 4.57 Å². The van der Waals surface area contributed by atoms with Gasteiger partial charge in [0, 0.05) is 26.2 Å². The van der Waals surface area contributed by atoms with Gasteiger partial charge < -0.3 is 11.5 Å². The number of hydrogen-bond acceptors (Lipinski definition) is 7. The van der Waals surface area contributed by atoms with Crippen LogP contribution in [0.2, 0.25) is 0 Å². The predicted molar refractivity (Wildman–Crippen MR) is 63.7 cm³/mol. The summed E-state index contributed by atoms with van der Waals surface area (Å²) in [6.45, 7) is 3.67. The van der Waals surface area contributed by atoms with Crippen molar-refractivity contribution < 1.29 is 13.8 Å². The molecule has 0 rings (SSSR count). The molecule has 6 N–H and O–H groups in total. The van der Waals surface area contributed by atoms with Crippen LogP contribution in [0.5, 0.6) is 0 Å². The van der Waals surface area contributed by atoms with Crippen molar-refractivity contribution in [2.24, 2.45) is 11.5 Å². The number of nitrogens with one attached hydrogen (secondary N) is 2. The first-order valence-electron chi connectivity index (χ1n) is 5.50. The molecule has 0 aromatic rings. The lowest BCUT2D eigenvalue weighted by atomic mass is 10.4. The molecular formula is C8H23N4O3P. The Morgan fingerprint density at radius 3 is 2.00 bits per heavy atom. The van der Waals surface area contributed by atoms with Crippen LogP contribution in [-0.2, 0) is 13.8 Å². The fraction of sp³-hybridized carbons (Fsp3) is 1.00. The minimum atomic E-state index is -3.13. The highest BCUT2D eigenvalue weighted by Crippen LogP contribution is 2.46. The highest BCUT2D eigenvalue weighted by molar-refractivity contribution is 7.53. The van der Waals surface area contributed by atoms with Gasteiger partial charge in [-0.1, -0.05) is 13.3 Å². The predicted octanol–water partition coefficient (Wildman–Crippen LogP) is -0.0606. The lowest BCUT2D eigenvalue weighted by Crippen LogP contribution is -2.26. The first-order valence-corrected chi connectivity index (χ1v) is 7.23. The van der Waals surface area contributed by atoms with Gasteiger partial charge in [-0.05, 0) is 6.42 Å². The van der Waals surface area contributed by atoms with Crippen molar-refractivity contribution in [1.29, 1.82) is 0 Å². The normalized spacial score (nSPS) is 11.9. The van der Waals surface area contributed by atoms with Crippen LogP contribution in [0.25, 0.3) is 0 Å². The fourth-order valence-corrected chi connectivity index (χ4v) is 2.37. The summed E-state index contributed by atoms with van der Waals surface area (Å²) in [5.74, 6) is 0. The Balaban J connectivity index is 3.97. The molecular weight excluding hydrogens is 231 g/mol. The van der Waals surface area contributed by atoms with Gasteiger partial charge in [0.1, 0.15) is 0 Å². The molecule has 0 saturated carbocycles. The minimum absolute atomic E-state index is 0.360. The standard InChI is InChI=1S/C8H23N4O3P/c1-2-3-8-16(13,14-11-6-4-9)15-12-7-5-10/h11-12H,2-10H2,1H3. The summed E-state index contributed by atoms with van der Waals surface area (Å²) in [4.78, 5) is 0.